The molecule has 0 saturated carbocycles. The third-order valence-electron chi connectivity index (χ3n) is 6.37. The molecule has 0 spiro atoms. The summed E-state index contributed by atoms with van der Waals surface area (Å²) in [6.45, 7) is 3.76. The lowest BCUT2D eigenvalue weighted by atomic mass is 10.1. The number of benzene rings is 3. The molecule has 10 nitrogen and oxygen atoms in total. The van der Waals surface area contributed by atoms with E-state index in [1.54, 1.807) is 25.1 Å². The van der Waals surface area contributed by atoms with Crippen molar-refractivity contribution in [2.45, 2.75) is 50.6 Å². The van der Waals surface area contributed by atoms with Crippen LogP contribution < -0.4 is 9.62 Å². The Bertz CT molecular complexity index is 1380. The highest BCUT2D eigenvalue weighted by atomic mass is 32.2. The van der Waals surface area contributed by atoms with Crippen LogP contribution in [0, 0.1) is 10.1 Å². The van der Waals surface area contributed by atoms with Crippen LogP contribution in [-0.4, -0.2) is 49.2 Å². The molecule has 1 N–H and O–H groups in total. The molecule has 40 heavy (non-hydrogen) atoms. The Morgan fingerprint density at radius 3 is 2.08 bits per heavy atom. The van der Waals surface area contributed by atoms with Crippen LogP contribution in [0.15, 0.2) is 89.8 Å². The van der Waals surface area contributed by atoms with Crippen molar-refractivity contribution in [3.05, 3.63) is 101 Å². The van der Waals surface area contributed by atoms with E-state index >= 15 is 0 Å². The highest BCUT2D eigenvalue weighted by Gasteiger charge is 2.33. The van der Waals surface area contributed by atoms with Gasteiger partial charge in [0, 0.05) is 25.2 Å². The van der Waals surface area contributed by atoms with Gasteiger partial charge in [-0.05, 0) is 42.7 Å². The molecule has 0 aliphatic heterocycles. The zero-order valence-electron chi connectivity index (χ0n) is 22.6. The number of amides is 2. The second kappa shape index (κ2) is 14.2. The van der Waals surface area contributed by atoms with Gasteiger partial charge in [0.1, 0.15) is 12.6 Å². The predicted octanol–water partition coefficient (Wildman–Crippen LogP) is 4.51. The molecule has 0 aromatic heterocycles. The second-order valence-corrected chi connectivity index (χ2v) is 11.0. The molecule has 0 fully saturated rings. The Balaban J connectivity index is 2.02. The number of hydrogen-bond donors (Lipinski definition) is 1. The van der Waals surface area contributed by atoms with Crippen molar-refractivity contribution < 1.29 is 22.9 Å². The largest absolute Gasteiger partial charge is 0.354 e. The average molecular weight is 567 g/mol. The van der Waals surface area contributed by atoms with Gasteiger partial charge in [-0.15, -0.1) is 0 Å². The lowest BCUT2D eigenvalue weighted by Gasteiger charge is -2.33. The molecule has 2 amide bonds. The summed E-state index contributed by atoms with van der Waals surface area (Å²) in [5.41, 5.74) is 0.652. The number of carbonyl (C=O) groups is 2. The first-order chi connectivity index (χ1) is 19.2. The topological polar surface area (TPSA) is 130 Å². The third-order valence-corrected chi connectivity index (χ3v) is 8.16. The minimum Gasteiger partial charge on any atom is -0.354 e. The minimum absolute atomic E-state index is 0.0416. The van der Waals surface area contributed by atoms with Gasteiger partial charge in [-0.25, -0.2) is 8.42 Å². The van der Waals surface area contributed by atoms with Gasteiger partial charge in [-0.3, -0.25) is 24.0 Å². The highest BCUT2D eigenvalue weighted by Crippen LogP contribution is 2.26. The van der Waals surface area contributed by atoms with E-state index < -0.39 is 33.4 Å². The van der Waals surface area contributed by atoms with E-state index in [1.165, 1.54) is 41.3 Å². The predicted molar refractivity (Wildman–Crippen MR) is 153 cm³/mol. The average Bonchev–Trinajstić information content (AvgIpc) is 2.96. The fraction of sp³-hybridized carbons (Fsp3) is 0.310. The molecular formula is C29H34N4O6S. The van der Waals surface area contributed by atoms with Gasteiger partial charge < -0.3 is 10.2 Å². The van der Waals surface area contributed by atoms with Crippen LogP contribution in [0.25, 0.3) is 0 Å². The number of nitrogens with one attached hydrogen (secondary N) is 1. The van der Waals surface area contributed by atoms with Gasteiger partial charge in [0.2, 0.25) is 11.8 Å². The normalized spacial score (nSPS) is 11.8. The molecule has 3 rings (SSSR count). The number of hydrogen-bond acceptors (Lipinski definition) is 6. The van der Waals surface area contributed by atoms with Gasteiger partial charge in [0.05, 0.1) is 15.5 Å². The lowest BCUT2D eigenvalue weighted by molar-refractivity contribution is -0.384. The van der Waals surface area contributed by atoms with Crippen molar-refractivity contribution in [1.82, 2.24) is 10.2 Å². The first-order valence-electron chi connectivity index (χ1n) is 13.1. The van der Waals surface area contributed by atoms with Crippen molar-refractivity contribution in [1.29, 1.82) is 0 Å². The van der Waals surface area contributed by atoms with Crippen LogP contribution in [-0.2, 0) is 26.2 Å². The SMILES string of the molecule is CCCCNC(=O)[C@H](CC)N(Cc1ccccc1)C(=O)CN(c1ccc([N+](=O)[O-])cc1)S(=O)(=O)c1ccccc1. The number of carbonyl (C=O) groups excluding carboxylic acids is 2. The Morgan fingerprint density at radius 2 is 1.52 bits per heavy atom. The van der Waals surface area contributed by atoms with Crippen LogP contribution >= 0.6 is 0 Å². The number of nitrogens with zero attached hydrogens (tertiary/aromatic N) is 3. The Hall–Kier alpha value is -4.25. The van der Waals surface area contributed by atoms with Crippen molar-refractivity contribution in [2.24, 2.45) is 0 Å². The summed E-state index contributed by atoms with van der Waals surface area (Å²) in [5.74, 6) is -0.896. The number of nitro benzene ring substituents is 1. The third kappa shape index (κ3) is 7.66. The van der Waals surface area contributed by atoms with Gasteiger partial charge >= 0.3 is 0 Å². The number of sulfonamides is 1. The first-order valence-corrected chi connectivity index (χ1v) is 14.6. The molecule has 0 heterocycles. The van der Waals surface area contributed by atoms with E-state index in [0.29, 0.717) is 13.0 Å². The monoisotopic (exact) mass is 566 g/mol. The highest BCUT2D eigenvalue weighted by molar-refractivity contribution is 7.92. The molecule has 0 aliphatic carbocycles. The fourth-order valence-corrected chi connectivity index (χ4v) is 5.63. The standard InChI is InChI=1S/C29H34N4O6S/c1-3-5-20-30-29(35)27(4-2)31(21-23-12-8-6-9-13-23)28(34)22-32(24-16-18-25(19-17-24)33(36)37)40(38,39)26-14-10-7-11-15-26/h6-19,27H,3-5,20-22H2,1-2H3,(H,30,35)/t27-/m0/s1. The summed E-state index contributed by atoms with van der Waals surface area (Å²) in [7, 11) is -4.24. The summed E-state index contributed by atoms with van der Waals surface area (Å²) < 4.78 is 28.4. The molecule has 3 aromatic rings. The van der Waals surface area contributed by atoms with Crippen LogP contribution in [0.5, 0.6) is 0 Å². The van der Waals surface area contributed by atoms with Crippen LogP contribution in [0.1, 0.15) is 38.7 Å². The zero-order chi connectivity index (χ0) is 29.1. The van der Waals surface area contributed by atoms with Crippen molar-refractivity contribution >= 4 is 33.2 Å². The van der Waals surface area contributed by atoms with E-state index in [0.717, 1.165) is 22.7 Å². The molecule has 0 bridgehead atoms. The Labute approximate surface area is 234 Å². The maximum Gasteiger partial charge on any atom is 0.269 e. The second-order valence-electron chi connectivity index (χ2n) is 9.17. The van der Waals surface area contributed by atoms with Gasteiger partial charge in [0.15, 0.2) is 0 Å². The lowest BCUT2D eigenvalue weighted by Crippen LogP contribution is -2.52. The van der Waals surface area contributed by atoms with E-state index in [2.05, 4.69) is 5.32 Å². The molecule has 11 heteroatoms. The first kappa shape index (κ1) is 30.3. The maximum atomic E-state index is 14.0. The van der Waals surface area contributed by atoms with E-state index in [4.69, 9.17) is 0 Å². The van der Waals surface area contributed by atoms with Crippen LogP contribution in [0.2, 0.25) is 0 Å². The van der Waals surface area contributed by atoms with Crippen molar-refractivity contribution in [3.8, 4) is 0 Å². The number of non-ortho nitro benzene ring substituents is 1. The zero-order valence-corrected chi connectivity index (χ0v) is 23.4. The number of rotatable bonds is 14. The summed E-state index contributed by atoms with van der Waals surface area (Å²) in [5, 5.41) is 14.1. The summed E-state index contributed by atoms with van der Waals surface area (Å²) in [6.07, 6.45) is 2.00. The van der Waals surface area contributed by atoms with Gasteiger partial charge in [0.25, 0.3) is 15.7 Å². The van der Waals surface area contributed by atoms with E-state index in [1.807, 2.05) is 37.3 Å². The van der Waals surface area contributed by atoms with Gasteiger partial charge in [-0.1, -0.05) is 68.8 Å². The molecule has 0 saturated heterocycles. The van der Waals surface area contributed by atoms with Crippen molar-refractivity contribution in [3.63, 3.8) is 0 Å². The Morgan fingerprint density at radius 1 is 0.925 bits per heavy atom. The van der Waals surface area contributed by atoms with E-state index in [9.17, 15) is 28.1 Å². The molecule has 0 radical (unpaired) electrons. The Kier molecular flexibility index (Phi) is 10.8. The molecular weight excluding hydrogens is 532 g/mol. The van der Waals surface area contributed by atoms with Crippen LogP contribution in [0.4, 0.5) is 11.4 Å². The molecule has 212 valence electrons. The van der Waals surface area contributed by atoms with Crippen molar-refractivity contribution in [2.75, 3.05) is 17.4 Å². The quantitative estimate of drug-likeness (QED) is 0.174. The molecule has 0 unspecified atom stereocenters. The number of anilines is 1. The number of unbranched alkanes of at least 4 members (excludes halogenated alkanes) is 1. The fourth-order valence-electron chi connectivity index (χ4n) is 4.19. The molecule has 0 aliphatic rings. The van der Waals surface area contributed by atoms with E-state index in [-0.39, 0.29) is 28.7 Å². The number of nitro groups is 1. The smallest absolute Gasteiger partial charge is 0.269 e. The summed E-state index contributed by atoms with van der Waals surface area (Å²) in [4.78, 5) is 39.1. The maximum absolute atomic E-state index is 14.0. The molecule has 1 atom stereocenters. The summed E-state index contributed by atoms with van der Waals surface area (Å²) in [6, 6.07) is 20.9. The molecule has 3 aromatic carbocycles. The van der Waals surface area contributed by atoms with Crippen LogP contribution in [0.3, 0.4) is 0 Å². The van der Waals surface area contributed by atoms with Gasteiger partial charge in [-0.2, -0.15) is 0 Å². The minimum atomic E-state index is -4.24. The summed E-state index contributed by atoms with van der Waals surface area (Å²) >= 11 is 0.